The molecule has 1 rings (SSSR count). The van der Waals surface area contributed by atoms with Crippen LogP contribution in [0.1, 0.15) is 17.3 Å². The second kappa shape index (κ2) is 8.79. The van der Waals surface area contributed by atoms with Gasteiger partial charge >= 0.3 is 0 Å². The van der Waals surface area contributed by atoms with E-state index < -0.39 is 0 Å². The number of hydrogen-bond donors (Lipinski definition) is 2. The number of benzene rings is 1. The Hall–Kier alpha value is -1.30. The van der Waals surface area contributed by atoms with E-state index in [2.05, 4.69) is 10.6 Å². The number of amides is 2. The molecule has 0 aliphatic heterocycles. The molecule has 0 atom stereocenters. The van der Waals surface area contributed by atoms with E-state index in [9.17, 15) is 9.59 Å². The molecular formula is C13H16Cl2N2O3. The molecule has 2 amide bonds. The van der Waals surface area contributed by atoms with Crippen molar-refractivity contribution in [2.45, 2.75) is 6.92 Å². The van der Waals surface area contributed by atoms with Gasteiger partial charge in [0.05, 0.1) is 23.2 Å². The molecule has 0 bridgehead atoms. The minimum Gasteiger partial charge on any atom is -0.380 e. The van der Waals surface area contributed by atoms with Gasteiger partial charge in [-0.2, -0.15) is 0 Å². The maximum Gasteiger partial charge on any atom is 0.251 e. The van der Waals surface area contributed by atoms with E-state index in [0.29, 0.717) is 35.4 Å². The van der Waals surface area contributed by atoms with Gasteiger partial charge in [-0.25, -0.2) is 0 Å². The minimum atomic E-state index is -0.386. The van der Waals surface area contributed by atoms with Gasteiger partial charge in [-0.15, -0.1) is 0 Å². The lowest BCUT2D eigenvalue weighted by Crippen LogP contribution is -2.38. The molecule has 2 N–H and O–H groups in total. The molecule has 0 heterocycles. The topological polar surface area (TPSA) is 67.4 Å². The van der Waals surface area contributed by atoms with Crippen molar-refractivity contribution in [1.29, 1.82) is 0 Å². The van der Waals surface area contributed by atoms with Crippen LogP contribution in [0.2, 0.25) is 10.0 Å². The van der Waals surface area contributed by atoms with Crippen LogP contribution in [0.5, 0.6) is 0 Å². The third-order valence-corrected chi connectivity index (χ3v) is 3.10. The molecule has 5 nitrogen and oxygen atoms in total. The number of hydrogen-bond acceptors (Lipinski definition) is 3. The van der Waals surface area contributed by atoms with Crippen LogP contribution < -0.4 is 10.6 Å². The fourth-order valence-electron chi connectivity index (χ4n) is 1.37. The number of rotatable bonds is 7. The normalized spacial score (nSPS) is 10.2. The standard InChI is InChI=1S/C13H16Cl2N2O3/c1-2-20-6-5-16-12(18)8-17-13(19)9-3-4-10(14)11(15)7-9/h3-4,7H,2,5-6,8H2,1H3,(H,16,18)(H,17,19). The van der Waals surface area contributed by atoms with Crippen molar-refractivity contribution < 1.29 is 14.3 Å². The molecule has 0 aromatic heterocycles. The molecule has 0 radical (unpaired) electrons. The number of ether oxygens (including phenoxy) is 1. The maximum absolute atomic E-state index is 11.8. The van der Waals surface area contributed by atoms with Crippen LogP contribution in [0.3, 0.4) is 0 Å². The van der Waals surface area contributed by atoms with E-state index in [0.717, 1.165) is 0 Å². The third-order valence-electron chi connectivity index (χ3n) is 2.36. The lowest BCUT2D eigenvalue weighted by atomic mass is 10.2. The van der Waals surface area contributed by atoms with Crippen LogP contribution in [0.15, 0.2) is 18.2 Å². The van der Waals surface area contributed by atoms with Gasteiger partial charge < -0.3 is 15.4 Å². The molecule has 0 saturated carbocycles. The molecule has 0 aliphatic carbocycles. The second-order valence-corrected chi connectivity index (χ2v) is 4.67. The zero-order valence-electron chi connectivity index (χ0n) is 11.0. The molecule has 1 aromatic carbocycles. The summed E-state index contributed by atoms with van der Waals surface area (Å²) in [5.74, 6) is -0.665. The highest BCUT2D eigenvalue weighted by atomic mass is 35.5. The van der Waals surface area contributed by atoms with E-state index in [1.54, 1.807) is 0 Å². The Morgan fingerprint density at radius 1 is 1.20 bits per heavy atom. The first-order valence-electron chi connectivity index (χ1n) is 6.12. The Labute approximate surface area is 127 Å². The summed E-state index contributed by atoms with van der Waals surface area (Å²) in [7, 11) is 0. The Bertz CT molecular complexity index is 481. The highest BCUT2D eigenvalue weighted by Gasteiger charge is 2.09. The van der Waals surface area contributed by atoms with Crippen LogP contribution in [0.4, 0.5) is 0 Å². The first kappa shape index (κ1) is 16.8. The van der Waals surface area contributed by atoms with Crippen molar-refractivity contribution in [3.05, 3.63) is 33.8 Å². The Morgan fingerprint density at radius 2 is 1.95 bits per heavy atom. The van der Waals surface area contributed by atoms with Crippen molar-refractivity contribution >= 4 is 35.0 Å². The maximum atomic E-state index is 11.8. The molecule has 0 unspecified atom stereocenters. The summed E-state index contributed by atoms with van der Waals surface area (Å²) in [6.07, 6.45) is 0. The third kappa shape index (κ3) is 5.77. The van der Waals surface area contributed by atoms with Gasteiger partial charge in [-0.05, 0) is 25.1 Å². The van der Waals surface area contributed by atoms with Crippen LogP contribution in [-0.2, 0) is 9.53 Å². The fraction of sp³-hybridized carbons (Fsp3) is 0.385. The monoisotopic (exact) mass is 318 g/mol. The fourth-order valence-corrected chi connectivity index (χ4v) is 1.67. The predicted octanol–water partition coefficient (Wildman–Crippen LogP) is 1.88. The first-order chi connectivity index (χ1) is 9.54. The number of carbonyl (C=O) groups is 2. The van der Waals surface area contributed by atoms with Crippen molar-refractivity contribution in [2.75, 3.05) is 26.3 Å². The molecule has 7 heteroatoms. The number of nitrogens with one attached hydrogen (secondary N) is 2. The van der Waals surface area contributed by atoms with Gasteiger partial charge in [0.15, 0.2) is 0 Å². The lowest BCUT2D eigenvalue weighted by molar-refractivity contribution is -0.120. The molecule has 0 aliphatic rings. The van der Waals surface area contributed by atoms with Crippen molar-refractivity contribution in [3.63, 3.8) is 0 Å². The van der Waals surface area contributed by atoms with Crippen molar-refractivity contribution in [3.8, 4) is 0 Å². The smallest absolute Gasteiger partial charge is 0.251 e. The van der Waals surface area contributed by atoms with E-state index in [4.69, 9.17) is 27.9 Å². The minimum absolute atomic E-state index is 0.106. The molecule has 0 spiro atoms. The SMILES string of the molecule is CCOCCNC(=O)CNC(=O)c1ccc(Cl)c(Cl)c1. The summed E-state index contributed by atoms with van der Waals surface area (Å²) in [5, 5.41) is 5.78. The summed E-state index contributed by atoms with van der Waals surface area (Å²) in [6.45, 7) is 3.23. The summed E-state index contributed by atoms with van der Waals surface area (Å²) < 4.78 is 5.07. The number of halogens is 2. The average Bonchev–Trinajstić information content (AvgIpc) is 2.44. The van der Waals surface area contributed by atoms with Crippen molar-refractivity contribution in [1.82, 2.24) is 10.6 Å². The summed E-state index contributed by atoms with van der Waals surface area (Å²) >= 11 is 11.6. The zero-order valence-corrected chi connectivity index (χ0v) is 12.6. The summed E-state index contributed by atoms with van der Waals surface area (Å²) in [4.78, 5) is 23.2. The molecule has 20 heavy (non-hydrogen) atoms. The van der Waals surface area contributed by atoms with Crippen molar-refractivity contribution in [2.24, 2.45) is 0 Å². The highest BCUT2D eigenvalue weighted by Crippen LogP contribution is 2.22. The Kier molecular flexibility index (Phi) is 7.36. The van der Waals surface area contributed by atoms with Gasteiger partial charge in [0, 0.05) is 18.7 Å². The van der Waals surface area contributed by atoms with Gasteiger partial charge in [-0.1, -0.05) is 23.2 Å². The zero-order chi connectivity index (χ0) is 15.0. The molecule has 0 saturated heterocycles. The van der Waals surface area contributed by atoms with E-state index >= 15 is 0 Å². The Morgan fingerprint density at radius 3 is 2.60 bits per heavy atom. The average molecular weight is 319 g/mol. The van der Waals surface area contributed by atoms with Crippen LogP contribution in [0, 0.1) is 0 Å². The molecular weight excluding hydrogens is 303 g/mol. The molecule has 1 aromatic rings. The van der Waals surface area contributed by atoms with Gasteiger partial charge in [0.2, 0.25) is 5.91 Å². The molecule has 110 valence electrons. The van der Waals surface area contributed by atoms with Gasteiger partial charge in [0.1, 0.15) is 0 Å². The van der Waals surface area contributed by atoms with Crippen LogP contribution in [0.25, 0.3) is 0 Å². The quantitative estimate of drug-likeness (QED) is 0.754. The van der Waals surface area contributed by atoms with E-state index in [-0.39, 0.29) is 18.4 Å². The first-order valence-corrected chi connectivity index (χ1v) is 6.88. The van der Waals surface area contributed by atoms with Gasteiger partial charge in [-0.3, -0.25) is 9.59 Å². The van der Waals surface area contributed by atoms with Crippen LogP contribution in [-0.4, -0.2) is 38.1 Å². The predicted molar refractivity (Wildman–Crippen MR) is 78.3 cm³/mol. The lowest BCUT2D eigenvalue weighted by Gasteiger charge is -2.07. The largest absolute Gasteiger partial charge is 0.380 e. The summed E-state index contributed by atoms with van der Waals surface area (Å²) in [6, 6.07) is 4.52. The van der Waals surface area contributed by atoms with Gasteiger partial charge in [0.25, 0.3) is 5.91 Å². The highest BCUT2D eigenvalue weighted by molar-refractivity contribution is 6.42. The van der Waals surface area contributed by atoms with E-state index in [1.807, 2.05) is 6.92 Å². The number of carbonyl (C=O) groups excluding carboxylic acids is 2. The van der Waals surface area contributed by atoms with Crippen LogP contribution >= 0.6 is 23.2 Å². The molecule has 0 fully saturated rings. The Balaban J connectivity index is 2.35. The second-order valence-electron chi connectivity index (χ2n) is 3.86. The van der Waals surface area contributed by atoms with E-state index in [1.165, 1.54) is 18.2 Å². The summed E-state index contributed by atoms with van der Waals surface area (Å²) in [5.41, 5.74) is 0.349.